The first-order chi connectivity index (χ1) is 13.5. The molecule has 0 saturated carbocycles. The maximum atomic E-state index is 13.0. The summed E-state index contributed by atoms with van der Waals surface area (Å²) in [4.78, 5) is 28.6. The molecule has 160 valence electrons. The monoisotopic (exact) mass is 416 g/mol. The van der Waals surface area contributed by atoms with E-state index < -0.39 is 28.8 Å². The lowest BCUT2D eigenvalue weighted by Crippen LogP contribution is -2.43. The van der Waals surface area contributed by atoms with Gasteiger partial charge in [0.2, 0.25) is 5.90 Å². The number of hydrogen-bond acceptors (Lipinski definition) is 5. The number of carbonyl (C=O) groups excluding carboxylic acids is 1. The lowest BCUT2D eigenvalue weighted by Gasteiger charge is -2.28. The Balaban J connectivity index is 2.48. The highest BCUT2D eigenvalue weighted by atomic mass is 19.4. The standard InChI is InChI=1S/C18H23F3N4O4/c1-5-13-11(3)24(17(26)22-4)10(2)9-23-16(13)29-15-7-6-12(18(19,20)21)8-14(15)25(27)28/h8,10H,5-7,9H2,1-4H3,(H,22,26). The van der Waals surface area contributed by atoms with E-state index in [0.29, 0.717) is 23.8 Å². The lowest BCUT2D eigenvalue weighted by molar-refractivity contribution is -0.422. The summed E-state index contributed by atoms with van der Waals surface area (Å²) in [5, 5.41) is 13.9. The van der Waals surface area contributed by atoms with Gasteiger partial charge in [-0.3, -0.25) is 15.0 Å². The van der Waals surface area contributed by atoms with E-state index in [1.807, 2.05) is 0 Å². The molecular formula is C18H23F3N4O4. The van der Waals surface area contributed by atoms with Crippen LogP contribution in [-0.2, 0) is 4.74 Å². The Bertz CT molecular complexity index is 827. The second kappa shape index (κ2) is 8.66. The van der Waals surface area contributed by atoms with Crippen molar-refractivity contribution in [2.75, 3.05) is 13.6 Å². The van der Waals surface area contributed by atoms with E-state index in [-0.39, 0.29) is 36.7 Å². The fourth-order valence-corrected chi connectivity index (χ4v) is 3.29. The van der Waals surface area contributed by atoms with Crippen LogP contribution in [0.25, 0.3) is 0 Å². The first-order valence-corrected chi connectivity index (χ1v) is 9.09. The maximum Gasteiger partial charge on any atom is 0.412 e. The third-order valence-corrected chi connectivity index (χ3v) is 4.78. The summed E-state index contributed by atoms with van der Waals surface area (Å²) in [7, 11) is 1.50. The fourth-order valence-electron chi connectivity index (χ4n) is 3.29. The summed E-state index contributed by atoms with van der Waals surface area (Å²) in [5.74, 6) is -0.0944. The molecule has 0 fully saturated rings. The van der Waals surface area contributed by atoms with Crippen LogP contribution in [0.1, 0.15) is 40.0 Å². The summed E-state index contributed by atoms with van der Waals surface area (Å²) in [6.07, 6.45) is -4.41. The predicted molar refractivity (Wildman–Crippen MR) is 99.5 cm³/mol. The van der Waals surface area contributed by atoms with Crippen LogP contribution in [0.3, 0.4) is 0 Å². The number of rotatable bonds is 3. The van der Waals surface area contributed by atoms with E-state index in [4.69, 9.17) is 4.74 Å². The Morgan fingerprint density at radius 3 is 2.62 bits per heavy atom. The van der Waals surface area contributed by atoms with Crippen molar-refractivity contribution in [1.82, 2.24) is 10.2 Å². The quantitative estimate of drug-likeness (QED) is 0.557. The van der Waals surface area contributed by atoms with Crippen LogP contribution in [0.15, 0.2) is 39.4 Å². The van der Waals surface area contributed by atoms with Gasteiger partial charge in [0.25, 0.3) is 0 Å². The van der Waals surface area contributed by atoms with Crippen LogP contribution in [0, 0.1) is 10.1 Å². The number of amides is 2. The number of nitro groups is 1. The summed E-state index contributed by atoms with van der Waals surface area (Å²) >= 11 is 0. The second-order valence-electron chi connectivity index (χ2n) is 6.67. The molecule has 0 bridgehead atoms. The van der Waals surface area contributed by atoms with Crippen LogP contribution in [0.5, 0.6) is 0 Å². The van der Waals surface area contributed by atoms with Crippen molar-refractivity contribution in [3.05, 3.63) is 44.5 Å². The minimum atomic E-state index is -4.64. The number of nitrogens with zero attached hydrogens (tertiary/aromatic N) is 3. The van der Waals surface area contributed by atoms with Gasteiger partial charge in [0, 0.05) is 36.4 Å². The highest BCUT2D eigenvalue weighted by Gasteiger charge is 2.39. The highest BCUT2D eigenvalue weighted by Crippen LogP contribution is 2.36. The van der Waals surface area contributed by atoms with Gasteiger partial charge < -0.3 is 10.1 Å². The number of carbonyl (C=O) groups is 1. The van der Waals surface area contributed by atoms with Crippen molar-refractivity contribution < 1.29 is 27.6 Å². The highest BCUT2D eigenvalue weighted by molar-refractivity contribution is 5.96. The molecule has 1 aliphatic heterocycles. The molecule has 0 aromatic heterocycles. The van der Waals surface area contributed by atoms with Crippen LogP contribution in [0.4, 0.5) is 18.0 Å². The molecule has 0 saturated heterocycles. The van der Waals surface area contributed by atoms with Crippen LogP contribution < -0.4 is 5.32 Å². The summed E-state index contributed by atoms with van der Waals surface area (Å²) in [5.41, 5.74) is -0.582. The van der Waals surface area contributed by atoms with Crippen LogP contribution in [-0.4, -0.2) is 47.6 Å². The third-order valence-electron chi connectivity index (χ3n) is 4.78. The van der Waals surface area contributed by atoms with Crippen molar-refractivity contribution >= 4 is 11.9 Å². The molecule has 0 spiro atoms. The van der Waals surface area contributed by atoms with Crippen molar-refractivity contribution in [3.8, 4) is 0 Å². The zero-order valence-corrected chi connectivity index (χ0v) is 16.6. The van der Waals surface area contributed by atoms with E-state index in [1.54, 1.807) is 20.8 Å². The van der Waals surface area contributed by atoms with Crippen molar-refractivity contribution in [3.63, 3.8) is 0 Å². The molecule has 0 aromatic carbocycles. The zero-order chi connectivity index (χ0) is 21.9. The largest absolute Gasteiger partial charge is 0.436 e. The average Bonchev–Trinajstić information content (AvgIpc) is 2.76. The fraction of sp³-hybridized carbons (Fsp3) is 0.556. The molecule has 1 N–H and O–H groups in total. The number of hydrogen-bond donors (Lipinski definition) is 1. The van der Waals surface area contributed by atoms with E-state index in [0.717, 1.165) is 0 Å². The van der Waals surface area contributed by atoms with Gasteiger partial charge in [0.05, 0.1) is 17.5 Å². The van der Waals surface area contributed by atoms with Gasteiger partial charge in [0.1, 0.15) is 0 Å². The SMILES string of the molecule is CCC1=C(C)N(C(=O)NC)C(C)CN=C1OC1=C([N+](=O)[O-])C=C(C(F)(F)F)CC1. The molecule has 2 rings (SSSR count). The number of allylic oxidation sites excluding steroid dienone is 4. The summed E-state index contributed by atoms with van der Waals surface area (Å²) < 4.78 is 44.5. The molecule has 11 heteroatoms. The number of nitrogens with one attached hydrogen (secondary N) is 1. The molecule has 1 heterocycles. The molecule has 29 heavy (non-hydrogen) atoms. The summed E-state index contributed by atoms with van der Waals surface area (Å²) in [6.45, 7) is 5.48. The Morgan fingerprint density at radius 1 is 1.45 bits per heavy atom. The third kappa shape index (κ3) is 4.77. The average molecular weight is 416 g/mol. The topological polar surface area (TPSA) is 97.1 Å². The maximum absolute atomic E-state index is 13.0. The van der Waals surface area contributed by atoms with Gasteiger partial charge in [0.15, 0.2) is 5.76 Å². The normalized spacial score (nSPS) is 20.8. The molecule has 1 aliphatic carbocycles. The molecule has 0 radical (unpaired) electrons. The van der Waals surface area contributed by atoms with Gasteiger partial charge in [-0.1, -0.05) is 6.92 Å². The second-order valence-corrected chi connectivity index (χ2v) is 6.67. The number of aliphatic imine (C=N–C) groups is 1. The van der Waals surface area contributed by atoms with Crippen LogP contribution >= 0.6 is 0 Å². The summed E-state index contributed by atoms with van der Waals surface area (Å²) in [6, 6.07) is -0.636. The number of halogens is 3. The van der Waals surface area contributed by atoms with Gasteiger partial charge in [-0.25, -0.2) is 9.79 Å². The minimum absolute atomic E-state index is 0.0847. The van der Waals surface area contributed by atoms with Crippen molar-refractivity contribution in [2.24, 2.45) is 4.99 Å². The minimum Gasteiger partial charge on any atom is -0.436 e. The first kappa shape index (κ1) is 22.4. The Hall–Kier alpha value is -2.85. The smallest absolute Gasteiger partial charge is 0.412 e. The van der Waals surface area contributed by atoms with E-state index in [1.165, 1.54) is 11.9 Å². The molecule has 1 unspecified atom stereocenters. The molecule has 2 amide bonds. The number of urea groups is 1. The number of alkyl halides is 3. The molecule has 8 nitrogen and oxygen atoms in total. The van der Waals surface area contributed by atoms with Gasteiger partial charge in [-0.15, -0.1) is 0 Å². The predicted octanol–water partition coefficient (Wildman–Crippen LogP) is 3.90. The van der Waals surface area contributed by atoms with Crippen molar-refractivity contribution in [1.29, 1.82) is 0 Å². The number of ether oxygens (including phenoxy) is 1. The van der Waals surface area contributed by atoms with Gasteiger partial charge in [-0.05, 0) is 26.7 Å². The van der Waals surface area contributed by atoms with E-state index in [9.17, 15) is 28.1 Å². The molecular weight excluding hydrogens is 393 g/mol. The molecule has 2 aliphatic rings. The molecule has 1 atom stereocenters. The van der Waals surface area contributed by atoms with Gasteiger partial charge in [-0.2, -0.15) is 13.2 Å². The van der Waals surface area contributed by atoms with E-state index >= 15 is 0 Å². The first-order valence-electron chi connectivity index (χ1n) is 9.09. The van der Waals surface area contributed by atoms with Gasteiger partial charge >= 0.3 is 17.9 Å². The van der Waals surface area contributed by atoms with Crippen molar-refractivity contribution in [2.45, 2.75) is 52.3 Å². The molecule has 0 aromatic rings. The zero-order valence-electron chi connectivity index (χ0n) is 16.6. The van der Waals surface area contributed by atoms with E-state index in [2.05, 4.69) is 10.3 Å². The Labute approximate surface area is 165 Å². The lowest BCUT2D eigenvalue weighted by atomic mass is 10.0. The Kier molecular flexibility index (Phi) is 6.70. The van der Waals surface area contributed by atoms with Crippen LogP contribution in [0.2, 0.25) is 0 Å². The Morgan fingerprint density at radius 2 is 2.10 bits per heavy atom.